The van der Waals surface area contributed by atoms with Gasteiger partial charge in [0.15, 0.2) is 0 Å². The van der Waals surface area contributed by atoms with Gasteiger partial charge in [-0.05, 0) is 79.8 Å². The number of fused-ring (bicyclic) bond motifs is 1. The Labute approximate surface area is 169 Å². The van der Waals surface area contributed by atoms with Crippen molar-refractivity contribution in [2.75, 3.05) is 16.9 Å². The molecule has 0 fully saturated rings. The third kappa shape index (κ3) is 3.56. The lowest BCUT2D eigenvalue weighted by molar-refractivity contribution is -0.114. The molecule has 0 atom stereocenters. The molecule has 150 valence electrons. The number of anilines is 2. The summed E-state index contributed by atoms with van der Waals surface area (Å²) in [5.41, 5.74) is 5.78. The molecule has 29 heavy (non-hydrogen) atoms. The number of benzene rings is 2. The number of hydrogen-bond donors (Lipinski definition) is 2. The average molecular weight is 411 g/mol. The van der Waals surface area contributed by atoms with Crippen LogP contribution in [0.25, 0.3) is 5.57 Å². The first-order chi connectivity index (χ1) is 13.8. The molecule has 0 saturated heterocycles. The van der Waals surface area contributed by atoms with Crippen LogP contribution in [0.4, 0.5) is 11.4 Å². The highest BCUT2D eigenvalue weighted by Crippen LogP contribution is 2.32. The summed E-state index contributed by atoms with van der Waals surface area (Å²) in [6.45, 7) is 4.67. The van der Waals surface area contributed by atoms with Crippen LogP contribution in [-0.4, -0.2) is 31.1 Å². The molecule has 2 aromatic carbocycles. The van der Waals surface area contributed by atoms with Crippen molar-refractivity contribution in [3.63, 3.8) is 0 Å². The third-order valence-corrected chi connectivity index (χ3v) is 6.12. The Morgan fingerprint density at radius 1 is 1.17 bits per heavy atom. The number of hydrogen-bond acceptors (Lipinski definition) is 5. The highest BCUT2D eigenvalue weighted by molar-refractivity contribution is 7.85. The van der Waals surface area contributed by atoms with Gasteiger partial charge in [-0.1, -0.05) is 6.07 Å². The van der Waals surface area contributed by atoms with Crippen LogP contribution in [0, 0.1) is 0 Å². The minimum atomic E-state index is -4.29. The van der Waals surface area contributed by atoms with Crippen LogP contribution >= 0.6 is 0 Å². The summed E-state index contributed by atoms with van der Waals surface area (Å²) in [6, 6.07) is 11.5. The molecule has 7 nitrogen and oxygen atoms in total. The van der Waals surface area contributed by atoms with E-state index in [0.29, 0.717) is 17.0 Å². The molecule has 2 aliphatic rings. The van der Waals surface area contributed by atoms with Gasteiger partial charge in [-0.25, -0.2) is 0 Å². The molecule has 2 aliphatic heterocycles. The average Bonchev–Trinajstić information content (AvgIpc) is 3.00. The van der Waals surface area contributed by atoms with Gasteiger partial charge in [-0.2, -0.15) is 18.5 Å². The number of amides is 1. The quantitative estimate of drug-likeness (QED) is 0.595. The molecule has 1 amide bonds. The summed E-state index contributed by atoms with van der Waals surface area (Å²) in [7, 11) is -4.29. The van der Waals surface area contributed by atoms with Gasteiger partial charge < -0.3 is 5.32 Å². The van der Waals surface area contributed by atoms with Crippen LogP contribution in [0.2, 0.25) is 0 Å². The fraction of sp³-hybridized carbons (Fsp3) is 0.238. The van der Waals surface area contributed by atoms with Gasteiger partial charge in [0.2, 0.25) is 0 Å². The number of nitrogens with zero attached hydrogens (tertiary/aromatic N) is 2. The lowest BCUT2D eigenvalue weighted by Gasteiger charge is -2.19. The fourth-order valence-electron chi connectivity index (χ4n) is 3.72. The molecule has 0 bridgehead atoms. The molecule has 0 saturated carbocycles. The van der Waals surface area contributed by atoms with E-state index in [-0.39, 0.29) is 10.8 Å². The number of hydrazone groups is 1. The van der Waals surface area contributed by atoms with E-state index in [1.807, 2.05) is 19.1 Å². The fourth-order valence-corrected chi connectivity index (χ4v) is 4.20. The summed E-state index contributed by atoms with van der Waals surface area (Å²) >= 11 is 0. The molecule has 4 rings (SSSR count). The van der Waals surface area contributed by atoms with E-state index in [1.54, 1.807) is 6.92 Å². The van der Waals surface area contributed by atoms with Crippen LogP contribution in [0.1, 0.15) is 31.4 Å². The minimum Gasteiger partial charge on any atom is -0.385 e. The zero-order valence-electron chi connectivity index (χ0n) is 16.1. The number of nitrogens with one attached hydrogen (secondary N) is 1. The zero-order chi connectivity index (χ0) is 20.8. The Balaban J connectivity index is 1.68. The molecule has 2 aromatic rings. The van der Waals surface area contributed by atoms with Crippen LogP contribution in [-0.2, 0) is 21.3 Å². The van der Waals surface area contributed by atoms with Gasteiger partial charge in [0.05, 0.1) is 21.9 Å². The van der Waals surface area contributed by atoms with Gasteiger partial charge >= 0.3 is 0 Å². The Morgan fingerprint density at radius 2 is 1.90 bits per heavy atom. The van der Waals surface area contributed by atoms with Crippen molar-refractivity contribution < 1.29 is 17.8 Å². The molecule has 0 aromatic heterocycles. The normalized spacial score (nSPS) is 18.2. The Hall–Kier alpha value is -2.97. The largest absolute Gasteiger partial charge is 0.385 e. The summed E-state index contributed by atoms with van der Waals surface area (Å²) in [5.74, 6) is -0.268. The summed E-state index contributed by atoms with van der Waals surface area (Å²) < 4.78 is 31.6. The monoisotopic (exact) mass is 411 g/mol. The second-order valence-corrected chi connectivity index (χ2v) is 8.60. The van der Waals surface area contributed by atoms with Crippen LogP contribution in [0.15, 0.2) is 58.0 Å². The topological polar surface area (TPSA) is 99.1 Å². The molecule has 0 aliphatic carbocycles. The number of carbonyl (C=O) groups excluding carboxylic acids is 1. The zero-order valence-corrected chi connectivity index (χ0v) is 17.0. The maximum absolute atomic E-state index is 13.1. The standard InChI is InChI=1S/C21H21N3O4S/c1-13(15-5-10-19-16(12-15)4-3-11-22-19)20-14(2)23-24(21(20)25)17-6-8-18(9-7-17)29(26,27)28/h5-10,12,22H,3-4,11H2,1-2H3,(H,26,27,28). The summed E-state index contributed by atoms with van der Waals surface area (Å²) in [5, 5.41) is 9.00. The predicted molar refractivity (Wildman–Crippen MR) is 113 cm³/mol. The SMILES string of the molecule is CC1=NN(c2ccc(S(=O)(=O)O)cc2)C(=O)C1=C(C)c1ccc2c(c1)CCCN2. The van der Waals surface area contributed by atoms with E-state index in [9.17, 15) is 13.2 Å². The minimum absolute atomic E-state index is 0.233. The van der Waals surface area contributed by atoms with E-state index in [1.165, 1.54) is 34.8 Å². The second kappa shape index (κ2) is 7.13. The van der Waals surface area contributed by atoms with Gasteiger partial charge in [0, 0.05) is 12.2 Å². The van der Waals surface area contributed by atoms with Crippen molar-refractivity contribution in [2.24, 2.45) is 5.10 Å². The highest BCUT2D eigenvalue weighted by atomic mass is 32.2. The summed E-state index contributed by atoms with van der Waals surface area (Å²) in [4.78, 5) is 12.8. The van der Waals surface area contributed by atoms with Gasteiger partial charge in [0.1, 0.15) is 0 Å². The molecule has 0 radical (unpaired) electrons. The highest BCUT2D eigenvalue weighted by Gasteiger charge is 2.31. The predicted octanol–water partition coefficient (Wildman–Crippen LogP) is 3.49. The number of carbonyl (C=O) groups is 1. The smallest absolute Gasteiger partial charge is 0.294 e. The van der Waals surface area contributed by atoms with Crippen molar-refractivity contribution in [1.82, 2.24) is 0 Å². The number of aryl methyl sites for hydroxylation is 1. The van der Waals surface area contributed by atoms with Crippen LogP contribution < -0.4 is 10.3 Å². The van der Waals surface area contributed by atoms with Crippen molar-refractivity contribution in [3.05, 3.63) is 59.2 Å². The molecule has 0 spiro atoms. The third-order valence-electron chi connectivity index (χ3n) is 5.25. The van der Waals surface area contributed by atoms with E-state index >= 15 is 0 Å². The molecular formula is C21H21N3O4S. The molecule has 2 heterocycles. The number of allylic oxidation sites excluding steroid dienone is 1. The van der Waals surface area contributed by atoms with E-state index < -0.39 is 10.1 Å². The maximum Gasteiger partial charge on any atom is 0.294 e. The lowest BCUT2D eigenvalue weighted by atomic mass is 9.94. The van der Waals surface area contributed by atoms with E-state index in [4.69, 9.17) is 4.55 Å². The van der Waals surface area contributed by atoms with Crippen molar-refractivity contribution in [2.45, 2.75) is 31.6 Å². The first kappa shape index (κ1) is 19.4. The molecule has 8 heteroatoms. The molecule has 0 unspecified atom stereocenters. The van der Waals surface area contributed by atoms with Crippen LogP contribution in [0.3, 0.4) is 0 Å². The van der Waals surface area contributed by atoms with Gasteiger partial charge in [-0.15, -0.1) is 0 Å². The lowest BCUT2D eigenvalue weighted by Crippen LogP contribution is -2.22. The Bertz CT molecular complexity index is 1160. The van der Waals surface area contributed by atoms with Crippen molar-refractivity contribution >= 4 is 38.7 Å². The van der Waals surface area contributed by atoms with Crippen molar-refractivity contribution in [1.29, 1.82) is 0 Å². The Kier molecular flexibility index (Phi) is 4.76. The number of rotatable bonds is 3. The Morgan fingerprint density at radius 3 is 2.59 bits per heavy atom. The maximum atomic E-state index is 13.1. The first-order valence-corrected chi connectivity index (χ1v) is 10.8. The van der Waals surface area contributed by atoms with Crippen LogP contribution in [0.5, 0.6) is 0 Å². The summed E-state index contributed by atoms with van der Waals surface area (Å²) in [6.07, 6.45) is 2.09. The molecular weight excluding hydrogens is 390 g/mol. The van der Waals surface area contributed by atoms with Crippen molar-refractivity contribution in [3.8, 4) is 0 Å². The van der Waals surface area contributed by atoms with E-state index in [2.05, 4.69) is 16.5 Å². The first-order valence-electron chi connectivity index (χ1n) is 9.31. The van der Waals surface area contributed by atoms with E-state index in [0.717, 1.165) is 36.2 Å². The second-order valence-electron chi connectivity index (χ2n) is 7.17. The van der Waals surface area contributed by atoms with Gasteiger partial charge in [-0.3, -0.25) is 9.35 Å². The van der Waals surface area contributed by atoms with Gasteiger partial charge in [0.25, 0.3) is 16.0 Å². The molecule has 2 N–H and O–H groups in total.